The third-order valence-electron chi connectivity index (χ3n) is 5.14. The van der Waals surface area contributed by atoms with Crippen LogP contribution in [0, 0.1) is 0 Å². The van der Waals surface area contributed by atoms with E-state index in [-0.39, 0.29) is 42.9 Å². The molecule has 1 saturated heterocycles. The maximum atomic E-state index is 13.4. The van der Waals surface area contributed by atoms with Crippen LogP contribution in [-0.2, 0) is 11.3 Å². The van der Waals surface area contributed by atoms with E-state index in [0.29, 0.717) is 31.1 Å². The molecule has 0 unspecified atom stereocenters. The molecule has 0 bridgehead atoms. The summed E-state index contributed by atoms with van der Waals surface area (Å²) in [6.45, 7) is 2.19. The van der Waals surface area contributed by atoms with Gasteiger partial charge in [-0.3, -0.25) is 9.78 Å². The molecule has 2 aromatic rings. The first-order valence-electron chi connectivity index (χ1n) is 9.79. The molecule has 3 heterocycles. The number of carbonyl (C=O) groups excluding carboxylic acids is 3. The second-order valence-electron chi connectivity index (χ2n) is 7.05. The second-order valence-corrected chi connectivity index (χ2v) is 7.05. The molecular formula is C21H22N4O6. The van der Waals surface area contributed by atoms with E-state index in [1.54, 1.807) is 15.9 Å². The van der Waals surface area contributed by atoms with Crippen LogP contribution in [0.25, 0.3) is 0 Å². The second kappa shape index (κ2) is 8.90. The summed E-state index contributed by atoms with van der Waals surface area (Å²) in [5.74, 6) is 0.259. The molecule has 0 saturated carbocycles. The summed E-state index contributed by atoms with van der Waals surface area (Å²) >= 11 is 0. The van der Waals surface area contributed by atoms with Crippen LogP contribution in [0.15, 0.2) is 36.7 Å². The summed E-state index contributed by atoms with van der Waals surface area (Å²) < 4.78 is 15.6. The van der Waals surface area contributed by atoms with E-state index in [2.05, 4.69) is 10.3 Å². The molecule has 31 heavy (non-hydrogen) atoms. The number of aromatic nitrogens is 1. The van der Waals surface area contributed by atoms with Crippen LogP contribution in [0.1, 0.15) is 26.3 Å². The van der Waals surface area contributed by atoms with Gasteiger partial charge in [-0.15, -0.1) is 0 Å². The Kier molecular flexibility index (Phi) is 5.87. The molecule has 1 N–H and O–H groups in total. The largest absolute Gasteiger partial charge is 0.465 e. The first kappa shape index (κ1) is 20.5. The average molecular weight is 426 g/mol. The fourth-order valence-corrected chi connectivity index (χ4v) is 3.50. The number of urea groups is 1. The summed E-state index contributed by atoms with van der Waals surface area (Å²) in [6.07, 6.45) is 2.78. The van der Waals surface area contributed by atoms with Crippen molar-refractivity contribution >= 4 is 17.9 Å². The van der Waals surface area contributed by atoms with Crippen molar-refractivity contribution in [3.05, 3.63) is 53.3 Å². The summed E-state index contributed by atoms with van der Waals surface area (Å²) in [6, 6.07) is 6.74. The Hall–Kier alpha value is -3.82. The van der Waals surface area contributed by atoms with Crippen molar-refractivity contribution in [3.8, 4) is 11.5 Å². The van der Waals surface area contributed by atoms with Crippen molar-refractivity contribution in [1.82, 2.24) is 20.1 Å². The van der Waals surface area contributed by atoms with Crippen LogP contribution in [0.3, 0.4) is 0 Å². The van der Waals surface area contributed by atoms with Crippen LogP contribution in [0.5, 0.6) is 11.5 Å². The first-order valence-corrected chi connectivity index (χ1v) is 9.79. The van der Waals surface area contributed by atoms with E-state index in [1.165, 1.54) is 25.6 Å². The highest BCUT2D eigenvalue weighted by molar-refractivity contribution is 6.05. The monoisotopic (exact) mass is 426 g/mol. The van der Waals surface area contributed by atoms with Crippen molar-refractivity contribution < 1.29 is 28.6 Å². The quantitative estimate of drug-likeness (QED) is 0.664. The van der Waals surface area contributed by atoms with Gasteiger partial charge < -0.3 is 29.3 Å². The molecule has 1 aromatic carbocycles. The van der Waals surface area contributed by atoms with Crippen LogP contribution in [0.4, 0.5) is 4.79 Å². The van der Waals surface area contributed by atoms with Gasteiger partial charge in [-0.05, 0) is 23.8 Å². The number of amides is 3. The number of hydrogen-bond acceptors (Lipinski definition) is 7. The van der Waals surface area contributed by atoms with E-state index < -0.39 is 5.97 Å². The van der Waals surface area contributed by atoms with Gasteiger partial charge >= 0.3 is 12.0 Å². The van der Waals surface area contributed by atoms with E-state index >= 15 is 0 Å². The lowest BCUT2D eigenvalue weighted by molar-refractivity contribution is 0.0588. The molecule has 162 valence electrons. The molecule has 0 atom stereocenters. The van der Waals surface area contributed by atoms with E-state index in [0.717, 1.165) is 5.56 Å². The van der Waals surface area contributed by atoms with E-state index in [9.17, 15) is 14.4 Å². The van der Waals surface area contributed by atoms with Gasteiger partial charge in [0.15, 0.2) is 11.5 Å². The Morgan fingerprint density at radius 3 is 2.84 bits per heavy atom. The molecule has 0 radical (unpaired) electrons. The Labute approximate surface area is 178 Å². The topological polar surface area (TPSA) is 110 Å². The molecule has 10 heteroatoms. The number of nitrogens with one attached hydrogen (secondary N) is 1. The smallest absolute Gasteiger partial charge is 0.338 e. The summed E-state index contributed by atoms with van der Waals surface area (Å²) in [5, 5.41) is 2.75. The molecule has 0 spiro atoms. The fraction of sp³-hybridized carbons (Fsp3) is 0.333. The normalized spacial score (nSPS) is 14.4. The van der Waals surface area contributed by atoms with Crippen molar-refractivity contribution in [2.24, 2.45) is 0 Å². The van der Waals surface area contributed by atoms with Gasteiger partial charge in [0.05, 0.1) is 18.2 Å². The highest BCUT2D eigenvalue weighted by Crippen LogP contribution is 2.33. The average Bonchev–Trinajstić information content (AvgIpc) is 3.43. The predicted molar refractivity (Wildman–Crippen MR) is 108 cm³/mol. The van der Waals surface area contributed by atoms with Crippen LogP contribution < -0.4 is 14.8 Å². The highest BCUT2D eigenvalue weighted by atomic mass is 16.7. The number of fused-ring (bicyclic) bond motifs is 1. The molecular weight excluding hydrogens is 404 g/mol. The Morgan fingerprint density at radius 1 is 1.23 bits per heavy atom. The van der Waals surface area contributed by atoms with Crippen LogP contribution >= 0.6 is 0 Å². The molecule has 0 aliphatic carbocycles. The fourth-order valence-electron chi connectivity index (χ4n) is 3.50. The number of carbonyl (C=O) groups is 3. The Balaban J connectivity index is 1.59. The molecule has 4 rings (SSSR count). The lowest BCUT2D eigenvalue weighted by Gasteiger charge is -2.26. The number of benzene rings is 1. The summed E-state index contributed by atoms with van der Waals surface area (Å²) in [5.41, 5.74) is 1.10. The van der Waals surface area contributed by atoms with Gasteiger partial charge in [0.25, 0.3) is 5.91 Å². The van der Waals surface area contributed by atoms with Crippen molar-refractivity contribution in [1.29, 1.82) is 0 Å². The number of ether oxygens (including phenoxy) is 3. The van der Waals surface area contributed by atoms with Gasteiger partial charge in [-0.1, -0.05) is 6.07 Å². The lowest BCUT2D eigenvalue weighted by Crippen LogP contribution is -2.40. The van der Waals surface area contributed by atoms with Gasteiger partial charge in [0.1, 0.15) is 0 Å². The standard InChI is InChI=1S/C21H22N4O6/c1-29-20(27)15-4-5-22-11-16(15)19(26)25(9-8-24-7-6-23-21(24)28)12-14-2-3-17-18(10-14)31-13-30-17/h2-5,10-11H,6-9,12-13H2,1H3,(H,23,28). The lowest BCUT2D eigenvalue weighted by atomic mass is 10.1. The van der Waals surface area contributed by atoms with Gasteiger partial charge in [0, 0.05) is 45.1 Å². The van der Waals surface area contributed by atoms with Crippen molar-refractivity contribution in [3.63, 3.8) is 0 Å². The third-order valence-corrected chi connectivity index (χ3v) is 5.14. The predicted octanol–water partition coefficient (Wildman–Crippen LogP) is 1.26. The zero-order valence-electron chi connectivity index (χ0n) is 17.0. The molecule has 1 fully saturated rings. The Bertz CT molecular complexity index is 1010. The van der Waals surface area contributed by atoms with Gasteiger partial charge in [-0.25, -0.2) is 9.59 Å². The van der Waals surface area contributed by atoms with Crippen LogP contribution in [0.2, 0.25) is 0 Å². The number of nitrogens with zero attached hydrogens (tertiary/aromatic N) is 3. The van der Waals surface area contributed by atoms with E-state index in [1.807, 2.05) is 12.1 Å². The molecule has 10 nitrogen and oxygen atoms in total. The summed E-state index contributed by atoms with van der Waals surface area (Å²) in [4.78, 5) is 44.7. The third kappa shape index (κ3) is 4.37. The van der Waals surface area contributed by atoms with Crippen LogP contribution in [-0.4, -0.2) is 72.8 Å². The Morgan fingerprint density at radius 2 is 2.06 bits per heavy atom. The molecule has 2 aliphatic rings. The summed E-state index contributed by atoms with van der Waals surface area (Å²) in [7, 11) is 1.26. The van der Waals surface area contributed by atoms with Crippen molar-refractivity contribution in [2.75, 3.05) is 40.1 Å². The van der Waals surface area contributed by atoms with Gasteiger partial charge in [0.2, 0.25) is 6.79 Å². The number of pyridine rings is 1. The number of esters is 1. The minimum atomic E-state index is -0.618. The highest BCUT2D eigenvalue weighted by Gasteiger charge is 2.26. The maximum absolute atomic E-state index is 13.4. The number of rotatable bonds is 7. The maximum Gasteiger partial charge on any atom is 0.338 e. The molecule has 3 amide bonds. The number of hydrogen-bond donors (Lipinski definition) is 1. The van der Waals surface area contributed by atoms with Gasteiger partial charge in [-0.2, -0.15) is 0 Å². The zero-order valence-corrected chi connectivity index (χ0v) is 17.0. The first-order chi connectivity index (χ1) is 15.1. The molecule has 2 aliphatic heterocycles. The van der Waals surface area contributed by atoms with Crippen molar-refractivity contribution in [2.45, 2.75) is 6.54 Å². The SMILES string of the molecule is COC(=O)c1ccncc1C(=O)N(CCN1CCNC1=O)Cc1ccc2c(c1)OCO2. The minimum Gasteiger partial charge on any atom is -0.465 e. The molecule has 1 aromatic heterocycles. The zero-order chi connectivity index (χ0) is 21.8. The van der Waals surface area contributed by atoms with E-state index in [4.69, 9.17) is 14.2 Å². The number of methoxy groups -OCH3 is 1. The minimum absolute atomic E-state index is 0.136.